The van der Waals surface area contributed by atoms with E-state index >= 15 is 4.39 Å². The van der Waals surface area contributed by atoms with Crippen LogP contribution in [0.25, 0.3) is 0 Å². The molecular formula is C21H22FN3O6S. The van der Waals surface area contributed by atoms with Crippen LogP contribution in [0.3, 0.4) is 0 Å². The lowest BCUT2D eigenvalue weighted by Gasteiger charge is -2.28. The van der Waals surface area contributed by atoms with Crippen molar-refractivity contribution >= 4 is 27.9 Å². The molecule has 1 aliphatic heterocycles. The highest BCUT2D eigenvalue weighted by Crippen LogP contribution is 2.41. The first kappa shape index (κ1) is 21.9. The number of hydrogen-bond donors (Lipinski definition) is 3. The van der Waals surface area contributed by atoms with Crippen molar-refractivity contribution in [3.63, 3.8) is 0 Å². The average Bonchev–Trinajstić information content (AvgIpc) is 3.03. The molecule has 0 bridgehead atoms. The minimum atomic E-state index is -4.26. The Hall–Kier alpha value is -3.34. The van der Waals surface area contributed by atoms with Gasteiger partial charge in [-0.05, 0) is 47.9 Å². The molecule has 1 aliphatic carbocycles. The summed E-state index contributed by atoms with van der Waals surface area (Å²) < 4.78 is 49.1. The van der Waals surface area contributed by atoms with Crippen molar-refractivity contribution in [3.05, 3.63) is 58.9 Å². The molecule has 1 atom stereocenters. The number of carbonyl (C=O) groups is 2. The molecule has 2 aromatic rings. The fourth-order valence-electron chi connectivity index (χ4n) is 4.03. The third kappa shape index (κ3) is 4.47. The van der Waals surface area contributed by atoms with Gasteiger partial charge in [-0.3, -0.25) is 4.79 Å². The van der Waals surface area contributed by atoms with E-state index in [0.29, 0.717) is 28.3 Å². The number of nitrogens with zero attached hydrogens (tertiary/aromatic N) is 1. The Morgan fingerprint density at radius 1 is 1.31 bits per heavy atom. The quantitative estimate of drug-likeness (QED) is 0.602. The molecule has 2 amide bonds. The van der Waals surface area contributed by atoms with E-state index in [0.717, 1.165) is 5.56 Å². The zero-order valence-electron chi connectivity index (χ0n) is 17.0. The Morgan fingerprint density at radius 2 is 2.06 bits per heavy atom. The average molecular weight is 463 g/mol. The molecule has 4 rings (SSSR count). The number of anilines is 1. The number of amides is 2. The van der Waals surface area contributed by atoms with Crippen LogP contribution in [-0.4, -0.2) is 38.6 Å². The molecule has 1 fully saturated rings. The lowest BCUT2D eigenvalue weighted by molar-refractivity contribution is -0.117. The van der Waals surface area contributed by atoms with E-state index in [1.807, 2.05) is 35.1 Å². The molecule has 11 heteroatoms. The summed E-state index contributed by atoms with van der Waals surface area (Å²) in [5.41, 5.74) is 1.49. The molecular weight excluding hydrogens is 441 g/mol. The van der Waals surface area contributed by atoms with Crippen molar-refractivity contribution in [1.82, 2.24) is 10.0 Å². The van der Waals surface area contributed by atoms with Gasteiger partial charge in [-0.15, -0.1) is 0 Å². The zero-order chi connectivity index (χ0) is 22.9. The SMILES string of the molecule is O=C(O)NC[C@H]1CCc2cc(OCc3ccccc3)c(N3CC(=O)NS3(=O)=O)c(F)c2C1. The van der Waals surface area contributed by atoms with Gasteiger partial charge in [0, 0.05) is 6.54 Å². The van der Waals surface area contributed by atoms with Gasteiger partial charge in [-0.2, -0.15) is 8.42 Å². The third-order valence-electron chi connectivity index (χ3n) is 5.56. The number of rotatable bonds is 6. The molecule has 0 unspecified atom stereocenters. The van der Waals surface area contributed by atoms with Crippen molar-refractivity contribution in [2.24, 2.45) is 5.92 Å². The lowest BCUT2D eigenvalue weighted by Crippen LogP contribution is -2.33. The predicted molar refractivity (Wildman–Crippen MR) is 113 cm³/mol. The standard InChI is InChI=1S/C21H22FN3O6S/c22-19-16-8-14(10-23-21(27)28)6-7-15(16)9-17(31-12-13-4-2-1-3-5-13)20(19)25-11-18(26)24-32(25,29)30/h1-5,9,14,23H,6-8,10-12H2,(H,24,26)(H,27,28)/t14-/m0/s1. The van der Waals surface area contributed by atoms with Crippen LogP contribution in [-0.2, 0) is 34.5 Å². The maximum atomic E-state index is 15.8. The monoisotopic (exact) mass is 463 g/mol. The molecule has 0 radical (unpaired) electrons. The number of nitrogens with one attached hydrogen (secondary N) is 2. The molecule has 2 aromatic carbocycles. The predicted octanol–water partition coefficient (Wildman–Crippen LogP) is 1.96. The number of carbonyl (C=O) groups excluding carboxylic acids is 1. The number of halogens is 1. The third-order valence-corrected chi connectivity index (χ3v) is 6.94. The zero-order valence-corrected chi connectivity index (χ0v) is 17.8. The second-order valence-corrected chi connectivity index (χ2v) is 9.38. The summed E-state index contributed by atoms with van der Waals surface area (Å²) >= 11 is 0. The first-order valence-corrected chi connectivity index (χ1v) is 11.5. The summed E-state index contributed by atoms with van der Waals surface area (Å²) in [4.78, 5) is 22.6. The smallest absolute Gasteiger partial charge is 0.404 e. The minimum Gasteiger partial charge on any atom is -0.487 e. The Labute approximate surface area is 184 Å². The number of fused-ring (bicyclic) bond motifs is 1. The van der Waals surface area contributed by atoms with Gasteiger partial charge in [0.25, 0.3) is 5.91 Å². The van der Waals surface area contributed by atoms with Gasteiger partial charge in [0.1, 0.15) is 24.6 Å². The summed E-state index contributed by atoms with van der Waals surface area (Å²) in [5.74, 6) is -1.63. The topological polar surface area (TPSA) is 125 Å². The fourth-order valence-corrected chi connectivity index (χ4v) is 5.19. The van der Waals surface area contributed by atoms with Crippen molar-refractivity contribution in [2.45, 2.75) is 25.9 Å². The second kappa shape index (κ2) is 8.65. The summed E-state index contributed by atoms with van der Waals surface area (Å²) in [6.07, 6.45) is 0.216. The number of aryl methyl sites for hydroxylation is 1. The van der Waals surface area contributed by atoms with Gasteiger partial charge in [0.15, 0.2) is 5.82 Å². The first-order valence-electron chi connectivity index (χ1n) is 10.1. The highest BCUT2D eigenvalue weighted by molar-refractivity contribution is 7.92. The van der Waals surface area contributed by atoms with Gasteiger partial charge in [-0.1, -0.05) is 30.3 Å². The van der Waals surface area contributed by atoms with Gasteiger partial charge < -0.3 is 15.2 Å². The van der Waals surface area contributed by atoms with Crippen LogP contribution in [0.1, 0.15) is 23.1 Å². The van der Waals surface area contributed by atoms with Crippen molar-refractivity contribution in [2.75, 3.05) is 17.4 Å². The van der Waals surface area contributed by atoms with Crippen LogP contribution in [0.4, 0.5) is 14.9 Å². The molecule has 170 valence electrons. The maximum absolute atomic E-state index is 15.8. The van der Waals surface area contributed by atoms with E-state index < -0.39 is 34.6 Å². The van der Waals surface area contributed by atoms with E-state index in [-0.39, 0.29) is 36.9 Å². The van der Waals surface area contributed by atoms with Crippen LogP contribution in [0.2, 0.25) is 0 Å². The molecule has 0 spiro atoms. The normalized spacial score (nSPS) is 19.2. The molecule has 9 nitrogen and oxygen atoms in total. The lowest BCUT2D eigenvalue weighted by atomic mass is 9.83. The Bertz CT molecular complexity index is 1160. The van der Waals surface area contributed by atoms with E-state index in [4.69, 9.17) is 9.84 Å². The Kier molecular flexibility index (Phi) is 5.92. The van der Waals surface area contributed by atoms with Crippen LogP contribution in [0.15, 0.2) is 36.4 Å². The fraction of sp³-hybridized carbons (Fsp3) is 0.333. The Balaban J connectivity index is 1.72. The summed E-state index contributed by atoms with van der Waals surface area (Å²) in [6, 6.07) is 10.8. The molecule has 1 heterocycles. The van der Waals surface area contributed by atoms with Gasteiger partial charge >= 0.3 is 16.3 Å². The molecule has 3 N–H and O–H groups in total. The van der Waals surface area contributed by atoms with Crippen LogP contribution in [0.5, 0.6) is 5.75 Å². The summed E-state index contributed by atoms with van der Waals surface area (Å²) in [5, 5.41) is 11.2. The van der Waals surface area contributed by atoms with E-state index in [1.54, 1.807) is 6.07 Å². The number of benzene rings is 2. The summed E-state index contributed by atoms with van der Waals surface area (Å²) in [7, 11) is -4.26. The van der Waals surface area contributed by atoms with E-state index in [2.05, 4.69) is 5.32 Å². The Morgan fingerprint density at radius 3 is 2.72 bits per heavy atom. The summed E-state index contributed by atoms with van der Waals surface area (Å²) in [6.45, 7) is -0.298. The molecule has 1 saturated heterocycles. The highest BCUT2D eigenvalue weighted by atomic mass is 32.2. The highest BCUT2D eigenvalue weighted by Gasteiger charge is 2.39. The first-order chi connectivity index (χ1) is 15.2. The van der Waals surface area contributed by atoms with Crippen molar-refractivity contribution < 1.29 is 32.2 Å². The van der Waals surface area contributed by atoms with Crippen LogP contribution >= 0.6 is 0 Å². The van der Waals surface area contributed by atoms with Crippen molar-refractivity contribution in [1.29, 1.82) is 0 Å². The number of ether oxygens (including phenoxy) is 1. The van der Waals surface area contributed by atoms with E-state index in [1.165, 1.54) is 0 Å². The number of hydrogen-bond acceptors (Lipinski definition) is 5. The molecule has 2 aliphatic rings. The molecule has 0 saturated carbocycles. The van der Waals surface area contributed by atoms with Gasteiger partial charge in [0.2, 0.25) is 0 Å². The largest absolute Gasteiger partial charge is 0.487 e. The van der Waals surface area contributed by atoms with Crippen LogP contribution in [0, 0.1) is 11.7 Å². The second-order valence-electron chi connectivity index (χ2n) is 7.78. The van der Waals surface area contributed by atoms with Gasteiger partial charge in [0.05, 0.1) is 0 Å². The maximum Gasteiger partial charge on any atom is 0.404 e. The minimum absolute atomic E-state index is 0.0345. The van der Waals surface area contributed by atoms with Gasteiger partial charge in [-0.25, -0.2) is 18.2 Å². The van der Waals surface area contributed by atoms with E-state index in [9.17, 15) is 18.0 Å². The van der Waals surface area contributed by atoms with Crippen LogP contribution < -0.4 is 19.1 Å². The number of carboxylic acid groups (broad SMARTS) is 1. The van der Waals surface area contributed by atoms with Crippen molar-refractivity contribution in [3.8, 4) is 5.75 Å². The molecule has 0 aromatic heterocycles. The molecule has 32 heavy (non-hydrogen) atoms.